The average Bonchev–Trinajstić information content (AvgIpc) is 2.97. The largest absolute Gasteiger partial charge is 0.481 e. The summed E-state index contributed by atoms with van der Waals surface area (Å²) in [6.45, 7) is 4.83. The fraction of sp³-hybridized carbons (Fsp3) is 0.917. The van der Waals surface area contributed by atoms with E-state index in [0.717, 1.165) is 38.5 Å². The van der Waals surface area contributed by atoms with Gasteiger partial charge in [-0.3, -0.25) is 9.59 Å². The van der Waals surface area contributed by atoms with E-state index in [-0.39, 0.29) is 18.7 Å². The Balaban J connectivity index is 3.83. The first-order chi connectivity index (χ1) is 20.5. The molecule has 1 atom stereocenters. The van der Waals surface area contributed by atoms with E-state index in [1.807, 2.05) is 0 Å². The van der Waals surface area contributed by atoms with Gasteiger partial charge < -0.3 is 15.2 Å². The van der Waals surface area contributed by atoms with Gasteiger partial charge in [0, 0.05) is 12.8 Å². The summed E-state index contributed by atoms with van der Waals surface area (Å²) >= 11 is 0. The SMILES string of the molecule is CCCCCCCCCCCCCCCCCCOC(=O)[C@H](CCC(=O)O)NC(=O)CCCCCCCCCCCC. The van der Waals surface area contributed by atoms with Crippen molar-refractivity contribution in [2.24, 2.45) is 0 Å². The second-order valence-corrected chi connectivity index (χ2v) is 12.5. The van der Waals surface area contributed by atoms with Crippen molar-refractivity contribution < 1.29 is 24.2 Å². The molecular weight excluding hydrogens is 526 g/mol. The molecule has 0 rings (SSSR count). The Hall–Kier alpha value is -1.59. The number of rotatable bonds is 33. The van der Waals surface area contributed by atoms with E-state index in [0.29, 0.717) is 13.0 Å². The van der Waals surface area contributed by atoms with Crippen molar-refractivity contribution in [2.45, 2.75) is 206 Å². The van der Waals surface area contributed by atoms with E-state index in [9.17, 15) is 14.4 Å². The molecular formula is C36H69NO5. The van der Waals surface area contributed by atoms with Gasteiger partial charge in [-0.15, -0.1) is 0 Å². The molecule has 0 saturated carbocycles. The van der Waals surface area contributed by atoms with Crippen LogP contribution in [-0.4, -0.2) is 35.6 Å². The number of unbranched alkanes of at least 4 members (excludes halogenated alkanes) is 24. The van der Waals surface area contributed by atoms with Crippen LogP contribution >= 0.6 is 0 Å². The van der Waals surface area contributed by atoms with Crippen LogP contribution in [0.4, 0.5) is 0 Å². The highest BCUT2D eigenvalue weighted by molar-refractivity contribution is 5.84. The number of ether oxygens (including phenoxy) is 1. The Bertz CT molecular complexity index is 624. The molecule has 1 amide bonds. The van der Waals surface area contributed by atoms with E-state index >= 15 is 0 Å². The number of carboxylic acid groups (broad SMARTS) is 1. The van der Waals surface area contributed by atoms with Gasteiger partial charge in [0.05, 0.1) is 6.61 Å². The summed E-state index contributed by atoms with van der Waals surface area (Å²) in [6.07, 6.45) is 32.8. The lowest BCUT2D eigenvalue weighted by Crippen LogP contribution is -2.42. The van der Waals surface area contributed by atoms with Gasteiger partial charge in [-0.05, 0) is 19.3 Å². The molecule has 0 fully saturated rings. The molecule has 0 aromatic carbocycles. The summed E-state index contributed by atoms with van der Waals surface area (Å²) in [7, 11) is 0. The van der Waals surface area contributed by atoms with E-state index in [1.165, 1.54) is 128 Å². The van der Waals surface area contributed by atoms with Gasteiger partial charge in [0.2, 0.25) is 5.91 Å². The van der Waals surface area contributed by atoms with Crippen LogP contribution in [0.15, 0.2) is 0 Å². The highest BCUT2D eigenvalue weighted by Gasteiger charge is 2.23. The molecule has 0 bridgehead atoms. The summed E-state index contributed by atoms with van der Waals surface area (Å²) in [4.78, 5) is 36.0. The zero-order valence-electron chi connectivity index (χ0n) is 27.9. The number of hydrogen-bond donors (Lipinski definition) is 2. The highest BCUT2D eigenvalue weighted by Crippen LogP contribution is 2.14. The van der Waals surface area contributed by atoms with Crippen molar-refractivity contribution >= 4 is 17.8 Å². The molecule has 0 radical (unpaired) electrons. The first-order valence-electron chi connectivity index (χ1n) is 18.2. The summed E-state index contributed by atoms with van der Waals surface area (Å²) < 4.78 is 5.41. The van der Waals surface area contributed by atoms with Crippen LogP contribution in [0.25, 0.3) is 0 Å². The third-order valence-corrected chi connectivity index (χ3v) is 8.27. The molecule has 0 aliphatic carbocycles. The van der Waals surface area contributed by atoms with Gasteiger partial charge in [0.15, 0.2) is 0 Å². The van der Waals surface area contributed by atoms with Crippen molar-refractivity contribution in [2.75, 3.05) is 6.61 Å². The van der Waals surface area contributed by atoms with Crippen LogP contribution in [0, 0.1) is 0 Å². The molecule has 0 saturated heterocycles. The molecule has 0 aromatic rings. The zero-order valence-corrected chi connectivity index (χ0v) is 27.9. The molecule has 6 nitrogen and oxygen atoms in total. The smallest absolute Gasteiger partial charge is 0.328 e. The fourth-order valence-electron chi connectivity index (χ4n) is 5.48. The van der Waals surface area contributed by atoms with E-state index in [1.54, 1.807) is 0 Å². The minimum absolute atomic E-state index is 0.0664. The Kier molecular flexibility index (Phi) is 31.1. The monoisotopic (exact) mass is 596 g/mol. The summed E-state index contributed by atoms with van der Waals surface area (Å²) in [5.41, 5.74) is 0. The van der Waals surface area contributed by atoms with Gasteiger partial charge in [0.1, 0.15) is 6.04 Å². The van der Waals surface area contributed by atoms with Gasteiger partial charge in [0.25, 0.3) is 0 Å². The maximum absolute atomic E-state index is 12.6. The molecule has 0 aliphatic heterocycles. The van der Waals surface area contributed by atoms with Gasteiger partial charge in [-0.1, -0.05) is 168 Å². The van der Waals surface area contributed by atoms with Crippen LogP contribution < -0.4 is 5.32 Å². The average molecular weight is 596 g/mol. The Morgan fingerprint density at radius 1 is 0.524 bits per heavy atom. The summed E-state index contributed by atoms with van der Waals surface area (Å²) in [5.74, 6) is -1.67. The van der Waals surface area contributed by atoms with E-state index < -0.39 is 18.0 Å². The van der Waals surface area contributed by atoms with E-state index in [2.05, 4.69) is 19.2 Å². The Morgan fingerprint density at radius 3 is 1.26 bits per heavy atom. The lowest BCUT2D eigenvalue weighted by Gasteiger charge is -2.17. The summed E-state index contributed by atoms with van der Waals surface area (Å²) in [6, 6.07) is -0.877. The van der Waals surface area contributed by atoms with Crippen LogP contribution in [0.2, 0.25) is 0 Å². The number of amides is 1. The Labute approximate surface area is 259 Å². The van der Waals surface area contributed by atoms with Gasteiger partial charge in [-0.2, -0.15) is 0 Å². The molecule has 248 valence electrons. The van der Waals surface area contributed by atoms with Gasteiger partial charge in [-0.25, -0.2) is 4.79 Å². The standard InChI is InChI=1S/C36H69NO5/c1-3-5-7-9-11-13-15-16-17-18-19-20-22-24-26-28-32-42-36(41)33(30-31-35(39)40)37-34(38)29-27-25-23-21-14-12-10-8-6-4-2/h33H,3-32H2,1-2H3,(H,37,38)(H,39,40)/t33-/m0/s1. The van der Waals surface area contributed by atoms with Crippen molar-refractivity contribution in [3.63, 3.8) is 0 Å². The molecule has 0 unspecified atom stereocenters. The first-order valence-corrected chi connectivity index (χ1v) is 18.2. The number of esters is 1. The molecule has 0 aliphatic rings. The number of aliphatic carboxylic acids is 1. The number of hydrogen-bond acceptors (Lipinski definition) is 4. The van der Waals surface area contributed by atoms with Crippen LogP contribution in [0.5, 0.6) is 0 Å². The van der Waals surface area contributed by atoms with E-state index in [4.69, 9.17) is 9.84 Å². The summed E-state index contributed by atoms with van der Waals surface area (Å²) in [5, 5.41) is 11.8. The minimum atomic E-state index is -0.977. The number of carbonyl (C=O) groups excluding carboxylic acids is 2. The highest BCUT2D eigenvalue weighted by atomic mass is 16.5. The number of carbonyl (C=O) groups is 3. The lowest BCUT2D eigenvalue weighted by atomic mass is 10.0. The third-order valence-electron chi connectivity index (χ3n) is 8.27. The number of nitrogens with one attached hydrogen (secondary N) is 1. The first kappa shape index (κ1) is 40.4. The van der Waals surface area contributed by atoms with Crippen LogP contribution in [0.1, 0.15) is 200 Å². The Morgan fingerprint density at radius 2 is 0.881 bits per heavy atom. The zero-order chi connectivity index (χ0) is 30.9. The van der Waals surface area contributed by atoms with Gasteiger partial charge >= 0.3 is 11.9 Å². The maximum atomic E-state index is 12.6. The van der Waals surface area contributed by atoms with Crippen molar-refractivity contribution in [3.8, 4) is 0 Å². The molecule has 42 heavy (non-hydrogen) atoms. The van der Waals surface area contributed by atoms with Crippen molar-refractivity contribution in [3.05, 3.63) is 0 Å². The van der Waals surface area contributed by atoms with Crippen molar-refractivity contribution in [1.29, 1.82) is 0 Å². The lowest BCUT2D eigenvalue weighted by molar-refractivity contribution is -0.148. The fourth-order valence-corrected chi connectivity index (χ4v) is 5.48. The minimum Gasteiger partial charge on any atom is -0.481 e. The third kappa shape index (κ3) is 29.9. The molecule has 2 N–H and O–H groups in total. The normalized spacial score (nSPS) is 11.9. The maximum Gasteiger partial charge on any atom is 0.328 e. The second kappa shape index (κ2) is 32.3. The second-order valence-electron chi connectivity index (χ2n) is 12.5. The topological polar surface area (TPSA) is 92.7 Å². The molecule has 0 spiro atoms. The van der Waals surface area contributed by atoms with Crippen LogP contribution in [0.3, 0.4) is 0 Å². The quantitative estimate of drug-likeness (QED) is 0.0581. The van der Waals surface area contributed by atoms with Crippen LogP contribution in [-0.2, 0) is 19.1 Å². The molecule has 0 heterocycles. The molecule has 0 aromatic heterocycles. The number of carboxylic acids is 1. The van der Waals surface area contributed by atoms with Crippen molar-refractivity contribution in [1.82, 2.24) is 5.32 Å². The molecule has 6 heteroatoms. The predicted octanol–water partition coefficient (Wildman–Crippen LogP) is 10.5. The predicted molar refractivity (Wildman–Crippen MR) is 176 cm³/mol.